The molecule has 6 nitrogen and oxygen atoms in total. The second-order valence-corrected chi connectivity index (χ2v) is 8.15. The smallest absolute Gasteiger partial charge is 0.273 e. The average molecular weight is 409 g/mol. The Morgan fingerprint density at radius 1 is 1.07 bits per heavy atom. The molecular formula is C22H24N4O2S. The summed E-state index contributed by atoms with van der Waals surface area (Å²) in [6.45, 7) is 6.26. The number of aromatic nitrogens is 3. The van der Waals surface area contributed by atoms with Gasteiger partial charge in [0, 0.05) is 12.1 Å². The first-order chi connectivity index (χ1) is 13.9. The Morgan fingerprint density at radius 2 is 1.76 bits per heavy atom. The van der Waals surface area contributed by atoms with Crippen LogP contribution in [0.2, 0.25) is 0 Å². The van der Waals surface area contributed by atoms with Gasteiger partial charge in [-0.1, -0.05) is 67.6 Å². The van der Waals surface area contributed by atoms with E-state index in [-0.39, 0.29) is 17.2 Å². The summed E-state index contributed by atoms with van der Waals surface area (Å²) in [6, 6.07) is 15.7. The summed E-state index contributed by atoms with van der Waals surface area (Å²) in [7, 11) is 0. The zero-order valence-electron chi connectivity index (χ0n) is 16.7. The summed E-state index contributed by atoms with van der Waals surface area (Å²) in [5.41, 5.74) is 4.19. The molecule has 1 aromatic heterocycles. The van der Waals surface area contributed by atoms with Gasteiger partial charge >= 0.3 is 0 Å². The largest absolute Gasteiger partial charge is 0.325 e. The van der Waals surface area contributed by atoms with Crippen LogP contribution in [-0.2, 0) is 11.2 Å². The molecular weight excluding hydrogens is 384 g/mol. The molecule has 0 aliphatic heterocycles. The van der Waals surface area contributed by atoms with Crippen LogP contribution in [0.3, 0.4) is 0 Å². The van der Waals surface area contributed by atoms with Crippen molar-refractivity contribution in [3.8, 4) is 0 Å². The Morgan fingerprint density at radius 3 is 2.38 bits per heavy atom. The van der Waals surface area contributed by atoms with E-state index in [1.54, 1.807) is 0 Å². The Bertz CT molecular complexity index is 1030. The van der Waals surface area contributed by atoms with E-state index in [4.69, 9.17) is 0 Å². The monoisotopic (exact) mass is 408 g/mol. The fraction of sp³-hybridized carbons (Fsp3) is 0.273. The Kier molecular flexibility index (Phi) is 6.82. The molecule has 0 saturated heterocycles. The summed E-state index contributed by atoms with van der Waals surface area (Å²) in [5, 5.41) is 11.2. The maximum absolute atomic E-state index is 12.3. The lowest BCUT2D eigenvalue weighted by Crippen LogP contribution is -2.19. The van der Waals surface area contributed by atoms with Gasteiger partial charge in [0.15, 0.2) is 5.16 Å². The van der Waals surface area contributed by atoms with Crippen molar-refractivity contribution in [3.63, 3.8) is 0 Å². The fourth-order valence-electron chi connectivity index (χ4n) is 2.71. The fourth-order valence-corrected chi connectivity index (χ4v) is 3.31. The molecule has 7 heteroatoms. The van der Waals surface area contributed by atoms with Gasteiger partial charge in [-0.15, -0.1) is 10.2 Å². The molecule has 0 aliphatic rings. The number of nitrogens with zero attached hydrogens (tertiary/aromatic N) is 2. The number of thioether (sulfide) groups is 1. The molecule has 0 bridgehead atoms. The lowest BCUT2D eigenvalue weighted by atomic mass is 10.0. The number of H-pyrrole nitrogens is 1. The van der Waals surface area contributed by atoms with Gasteiger partial charge in [0.05, 0.1) is 5.75 Å². The number of aryl methyl sites for hydroxylation is 1. The molecule has 3 rings (SSSR count). The second-order valence-electron chi connectivity index (χ2n) is 7.18. The van der Waals surface area contributed by atoms with E-state index in [1.807, 2.05) is 55.5 Å². The molecule has 0 saturated carbocycles. The zero-order valence-corrected chi connectivity index (χ0v) is 17.5. The quantitative estimate of drug-likeness (QED) is 0.579. The number of carbonyl (C=O) groups is 1. The highest BCUT2D eigenvalue weighted by Crippen LogP contribution is 2.18. The number of benzene rings is 2. The molecule has 29 heavy (non-hydrogen) atoms. The Labute approximate surface area is 174 Å². The van der Waals surface area contributed by atoms with Gasteiger partial charge in [0.25, 0.3) is 5.56 Å². The molecule has 1 heterocycles. The summed E-state index contributed by atoms with van der Waals surface area (Å²) in [5.74, 6) is 0.409. The van der Waals surface area contributed by atoms with Crippen LogP contribution < -0.4 is 10.9 Å². The highest BCUT2D eigenvalue weighted by atomic mass is 32.2. The van der Waals surface area contributed by atoms with E-state index < -0.39 is 0 Å². The third kappa shape index (κ3) is 6.02. The molecule has 0 aliphatic carbocycles. The highest BCUT2D eigenvalue weighted by Gasteiger charge is 2.09. The molecule has 2 N–H and O–H groups in total. The van der Waals surface area contributed by atoms with Crippen molar-refractivity contribution < 1.29 is 4.79 Å². The minimum Gasteiger partial charge on any atom is -0.325 e. The van der Waals surface area contributed by atoms with Crippen molar-refractivity contribution in [2.24, 2.45) is 0 Å². The van der Waals surface area contributed by atoms with E-state index in [0.29, 0.717) is 23.2 Å². The van der Waals surface area contributed by atoms with Gasteiger partial charge in [-0.05, 0) is 36.1 Å². The summed E-state index contributed by atoms with van der Waals surface area (Å²) < 4.78 is 0. The first-order valence-electron chi connectivity index (χ1n) is 9.45. The van der Waals surface area contributed by atoms with Gasteiger partial charge in [0.1, 0.15) is 5.69 Å². The normalized spacial score (nSPS) is 10.9. The number of aromatic amines is 1. The number of hydrogen-bond acceptors (Lipinski definition) is 5. The Hall–Kier alpha value is -2.93. The van der Waals surface area contributed by atoms with Gasteiger partial charge in [-0.2, -0.15) is 0 Å². The first-order valence-corrected chi connectivity index (χ1v) is 10.4. The van der Waals surface area contributed by atoms with Crippen LogP contribution in [0.5, 0.6) is 0 Å². The minimum absolute atomic E-state index is 0.133. The predicted octanol–water partition coefficient (Wildman–Crippen LogP) is 3.92. The maximum atomic E-state index is 12.3. The van der Waals surface area contributed by atoms with Gasteiger partial charge in [0.2, 0.25) is 5.91 Å². The molecule has 0 unspecified atom stereocenters. The Balaban J connectivity index is 1.55. The van der Waals surface area contributed by atoms with Crippen molar-refractivity contribution in [3.05, 3.63) is 81.3 Å². The van der Waals surface area contributed by atoms with Crippen LogP contribution in [0.15, 0.2) is 58.5 Å². The molecule has 0 atom stereocenters. The highest BCUT2D eigenvalue weighted by molar-refractivity contribution is 7.99. The van der Waals surface area contributed by atoms with Gasteiger partial charge < -0.3 is 5.32 Å². The third-order valence-electron chi connectivity index (χ3n) is 4.44. The lowest BCUT2D eigenvalue weighted by molar-refractivity contribution is -0.113. The maximum Gasteiger partial charge on any atom is 0.273 e. The van der Waals surface area contributed by atoms with E-state index in [1.165, 1.54) is 5.56 Å². The number of hydrogen-bond donors (Lipinski definition) is 2. The van der Waals surface area contributed by atoms with Crippen LogP contribution >= 0.6 is 11.8 Å². The number of carbonyl (C=O) groups excluding carboxylic acids is 1. The standard InChI is InChI=1S/C22H24N4O2S/c1-14(2)17-8-10-18(11-9-17)23-20(27)13-29-22-24-21(28)19(25-26-22)12-16-6-4-15(3)5-7-16/h4-11,14H,12-13H2,1-3H3,(H,23,27)(H,24,26,28). The van der Waals surface area contributed by atoms with Gasteiger partial charge in [-0.3, -0.25) is 14.6 Å². The summed E-state index contributed by atoms with van der Waals surface area (Å²) in [4.78, 5) is 27.1. The van der Waals surface area contributed by atoms with Crippen LogP contribution in [0.1, 0.15) is 42.1 Å². The molecule has 3 aromatic rings. The van der Waals surface area contributed by atoms with Crippen molar-refractivity contribution in [1.29, 1.82) is 0 Å². The molecule has 0 fully saturated rings. The van der Waals surface area contributed by atoms with Crippen molar-refractivity contribution in [2.75, 3.05) is 11.1 Å². The van der Waals surface area contributed by atoms with Crippen LogP contribution in [0, 0.1) is 6.92 Å². The van der Waals surface area contributed by atoms with Crippen LogP contribution in [0.25, 0.3) is 0 Å². The summed E-state index contributed by atoms with van der Waals surface area (Å²) in [6.07, 6.45) is 0.417. The molecule has 0 radical (unpaired) electrons. The zero-order chi connectivity index (χ0) is 20.8. The van der Waals surface area contributed by atoms with E-state index >= 15 is 0 Å². The van der Waals surface area contributed by atoms with Crippen molar-refractivity contribution in [1.82, 2.24) is 15.2 Å². The third-order valence-corrected chi connectivity index (χ3v) is 5.30. The number of nitrogens with one attached hydrogen (secondary N) is 2. The second kappa shape index (κ2) is 9.52. The minimum atomic E-state index is -0.284. The molecule has 150 valence electrons. The SMILES string of the molecule is Cc1ccc(Cc2nnc(SCC(=O)Nc3ccc(C(C)C)cc3)[nH]c2=O)cc1. The van der Waals surface area contributed by atoms with Gasteiger partial charge in [-0.25, -0.2) is 0 Å². The van der Waals surface area contributed by atoms with Crippen LogP contribution in [-0.4, -0.2) is 26.8 Å². The lowest BCUT2D eigenvalue weighted by Gasteiger charge is -2.08. The molecule has 1 amide bonds. The average Bonchev–Trinajstić information content (AvgIpc) is 2.70. The first kappa shape index (κ1) is 20.8. The van der Waals surface area contributed by atoms with Crippen molar-refractivity contribution in [2.45, 2.75) is 38.3 Å². The van der Waals surface area contributed by atoms with Crippen LogP contribution in [0.4, 0.5) is 5.69 Å². The number of amides is 1. The topological polar surface area (TPSA) is 87.7 Å². The predicted molar refractivity (Wildman–Crippen MR) is 117 cm³/mol. The summed E-state index contributed by atoms with van der Waals surface area (Å²) >= 11 is 1.15. The van der Waals surface area contributed by atoms with E-state index in [9.17, 15) is 9.59 Å². The molecule has 2 aromatic carbocycles. The van der Waals surface area contributed by atoms with E-state index in [0.717, 1.165) is 28.6 Å². The number of rotatable bonds is 7. The number of anilines is 1. The van der Waals surface area contributed by atoms with E-state index in [2.05, 4.69) is 34.3 Å². The molecule has 0 spiro atoms. The van der Waals surface area contributed by atoms with Crippen molar-refractivity contribution >= 4 is 23.4 Å².